The Morgan fingerprint density at radius 1 is 1.00 bits per heavy atom. The van der Waals surface area contributed by atoms with Crippen molar-refractivity contribution in [2.75, 3.05) is 0 Å². The van der Waals surface area contributed by atoms with Crippen LogP contribution in [0.25, 0.3) is 0 Å². The van der Waals surface area contributed by atoms with Gasteiger partial charge >= 0.3 is 7.82 Å². The van der Waals surface area contributed by atoms with Gasteiger partial charge in [-0.3, -0.25) is 9.79 Å². The van der Waals surface area contributed by atoms with E-state index in [1.54, 1.807) is 12.1 Å². The highest BCUT2D eigenvalue weighted by molar-refractivity contribution is 7.46. The first-order chi connectivity index (χ1) is 9.76. The summed E-state index contributed by atoms with van der Waals surface area (Å²) in [7, 11) is -4.72. The molecular weight excluding hydrogens is 295 g/mol. The molecule has 7 heteroatoms. The van der Waals surface area contributed by atoms with Crippen molar-refractivity contribution in [3.63, 3.8) is 0 Å². The molecule has 1 unspecified atom stereocenters. The van der Waals surface area contributed by atoms with Crippen molar-refractivity contribution in [3.8, 4) is 17.2 Å². The summed E-state index contributed by atoms with van der Waals surface area (Å²) < 4.78 is 15.7. The minimum atomic E-state index is -4.72. The first-order valence-corrected chi connectivity index (χ1v) is 7.66. The van der Waals surface area contributed by atoms with Crippen molar-refractivity contribution >= 4 is 7.82 Å². The summed E-state index contributed by atoms with van der Waals surface area (Å²) in [5.74, 6) is -0.347. The highest BCUT2D eigenvalue weighted by Crippen LogP contribution is 2.43. The van der Waals surface area contributed by atoms with Gasteiger partial charge in [-0.15, -0.1) is 0 Å². The molecule has 0 amide bonds. The van der Waals surface area contributed by atoms with Crippen LogP contribution >= 0.6 is 7.82 Å². The van der Waals surface area contributed by atoms with Crippen LogP contribution in [0.2, 0.25) is 0 Å². The topological polar surface area (TPSA) is 107 Å². The van der Waals surface area contributed by atoms with Crippen LogP contribution in [0.5, 0.6) is 17.2 Å². The Morgan fingerprint density at radius 2 is 1.57 bits per heavy atom. The van der Waals surface area contributed by atoms with Gasteiger partial charge in [0.15, 0.2) is 0 Å². The summed E-state index contributed by atoms with van der Waals surface area (Å²) in [4.78, 5) is 17.9. The average molecular weight is 310 g/mol. The third-order valence-corrected chi connectivity index (χ3v) is 3.51. The molecule has 0 heterocycles. The predicted octanol–water partition coefficient (Wildman–Crippen LogP) is 2.72. The Balaban J connectivity index is 2.42. The van der Waals surface area contributed by atoms with Gasteiger partial charge in [-0.25, -0.2) is 4.57 Å². The summed E-state index contributed by atoms with van der Waals surface area (Å²) in [5, 5.41) is 18.7. The normalized spacial score (nSPS) is 12.9. The molecule has 0 aliphatic heterocycles. The minimum absolute atomic E-state index is 0.0797. The van der Waals surface area contributed by atoms with Gasteiger partial charge < -0.3 is 14.7 Å². The minimum Gasteiger partial charge on any atom is -0.508 e. The van der Waals surface area contributed by atoms with Gasteiger partial charge in [0, 0.05) is 17.5 Å². The zero-order valence-corrected chi connectivity index (χ0v) is 12.1. The molecule has 0 saturated heterocycles. The van der Waals surface area contributed by atoms with Crippen LogP contribution in [-0.4, -0.2) is 20.0 Å². The van der Waals surface area contributed by atoms with E-state index in [-0.39, 0.29) is 23.2 Å². The molecule has 2 aromatic rings. The van der Waals surface area contributed by atoms with Gasteiger partial charge in [-0.1, -0.05) is 25.1 Å². The second kappa shape index (κ2) is 5.77. The van der Waals surface area contributed by atoms with E-state index in [4.69, 9.17) is 9.79 Å². The molecule has 2 aromatic carbocycles. The van der Waals surface area contributed by atoms with Crippen LogP contribution in [0, 0.1) is 0 Å². The van der Waals surface area contributed by atoms with Crippen LogP contribution in [0.1, 0.15) is 24.0 Å². The molecule has 0 radical (unpaired) electrons. The lowest BCUT2D eigenvalue weighted by atomic mass is 9.92. The van der Waals surface area contributed by atoms with Gasteiger partial charge in [-0.2, -0.15) is 0 Å². The van der Waals surface area contributed by atoms with Crippen molar-refractivity contribution in [2.24, 2.45) is 0 Å². The van der Waals surface area contributed by atoms with E-state index >= 15 is 0 Å². The van der Waals surface area contributed by atoms with Crippen molar-refractivity contribution in [1.82, 2.24) is 0 Å². The molecular formula is C14H15O6P. The van der Waals surface area contributed by atoms with E-state index in [0.29, 0.717) is 5.56 Å². The van der Waals surface area contributed by atoms with Crippen LogP contribution in [0.15, 0.2) is 42.5 Å². The number of phosphoric ester groups is 1. The van der Waals surface area contributed by atoms with E-state index < -0.39 is 7.82 Å². The summed E-state index contributed by atoms with van der Waals surface area (Å²) in [6.45, 7) is 1.82. The van der Waals surface area contributed by atoms with E-state index in [1.807, 2.05) is 6.92 Å². The van der Waals surface area contributed by atoms with Crippen LogP contribution in [-0.2, 0) is 4.57 Å². The molecule has 0 saturated carbocycles. The summed E-state index contributed by atoms with van der Waals surface area (Å²) >= 11 is 0. The van der Waals surface area contributed by atoms with Crippen LogP contribution < -0.4 is 4.52 Å². The fraction of sp³-hybridized carbons (Fsp3) is 0.143. The number of benzene rings is 2. The predicted molar refractivity (Wildman–Crippen MR) is 76.4 cm³/mol. The summed E-state index contributed by atoms with van der Waals surface area (Å²) in [6, 6.07) is 10.6. The Bertz CT molecular complexity index is 676. The Morgan fingerprint density at radius 3 is 2.14 bits per heavy atom. The van der Waals surface area contributed by atoms with Gasteiger partial charge in [0.1, 0.15) is 17.2 Å². The molecule has 2 rings (SSSR count). The van der Waals surface area contributed by atoms with Crippen molar-refractivity contribution in [1.29, 1.82) is 0 Å². The van der Waals surface area contributed by atoms with Gasteiger partial charge in [0.25, 0.3) is 0 Å². The third-order valence-electron chi connectivity index (χ3n) is 3.07. The summed E-state index contributed by atoms with van der Waals surface area (Å²) in [5.41, 5.74) is 1.34. The van der Waals surface area contributed by atoms with Gasteiger partial charge in [-0.05, 0) is 23.8 Å². The summed E-state index contributed by atoms with van der Waals surface area (Å²) in [6.07, 6.45) is 0. The maximum atomic E-state index is 11.0. The van der Waals surface area contributed by atoms with E-state index in [2.05, 4.69) is 4.52 Å². The van der Waals surface area contributed by atoms with Crippen molar-refractivity contribution in [3.05, 3.63) is 53.6 Å². The molecule has 0 aliphatic rings. The Kier molecular flexibility index (Phi) is 4.23. The average Bonchev–Trinajstić information content (AvgIpc) is 2.37. The van der Waals surface area contributed by atoms with E-state index in [1.165, 1.54) is 24.3 Å². The van der Waals surface area contributed by atoms with E-state index in [0.717, 1.165) is 11.6 Å². The van der Waals surface area contributed by atoms with Crippen LogP contribution in [0.3, 0.4) is 0 Å². The molecule has 0 aliphatic carbocycles. The van der Waals surface area contributed by atoms with E-state index in [9.17, 15) is 14.8 Å². The van der Waals surface area contributed by atoms with Gasteiger partial charge in [0.2, 0.25) is 0 Å². The number of phosphoric acid groups is 1. The molecule has 0 bridgehead atoms. The molecule has 6 nitrogen and oxygen atoms in total. The standard InChI is InChI=1S/C14H15O6P/c1-9(10-2-4-11(15)5-3-10)13-7-6-12(16)8-14(13)20-21(17,18)19/h2-9,15-16H,1H3,(H2,17,18,19). The smallest absolute Gasteiger partial charge is 0.508 e. The van der Waals surface area contributed by atoms with Gasteiger partial charge in [0.05, 0.1) is 0 Å². The van der Waals surface area contributed by atoms with Crippen LogP contribution in [0.4, 0.5) is 0 Å². The third kappa shape index (κ3) is 3.98. The van der Waals surface area contributed by atoms with Crippen molar-refractivity contribution in [2.45, 2.75) is 12.8 Å². The number of aromatic hydroxyl groups is 2. The molecule has 0 aromatic heterocycles. The Hall–Kier alpha value is -2.01. The number of hydrogen-bond acceptors (Lipinski definition) is 4. The first-order valence-electron chi connectivity index (χ1n) is 6.13. The quantitative estimate of drug-likeness (QED) is 0.647. The van der Waals surface area contributed by atoms with Crippen molar-refractivity contribution < 1.29 is 29.1 Å². The zero-order valence-electron chi connectivity index (χ0n) is 11.2. The molecule has 21 heavy (non-hydrogen) atoms. The Labute approximate surface area is 121 Å². The largest absolute Gasteiger partial charge is 0.524 e. The zero-order chi connectivity index (χ0) is 15.6. The maximum Gasteiger partial charge on any atom is 0.524 e. The lowest BCUT2D eigenvalue weighted by molar-refractivity contribution is 0.281. The fourth-order valence-electron chi connectivity index (χ4n) is 2.03. The lowest BCUT2D eigenvalue weighted by Crippen LogP contribution is -2.00. The number of phenolic OH excluding ortho intramolecular Hbond substituents is 2. The second-order valence-corrected chi connectivity index (χ2v) is 5.78. The molecule has 112 valence electrons. The number of rotatable bonds is 4. The monoisotopic (exact) mass is 310 g/mol. The second-order valence-electron chi connectivity index (χ2n) is 4.62. The first kappa shape index (κ1) is 15.4. The number of hydrogen-bond donors (Lipinski definition) is 4. The SMILES string of the molecule is CC(c1ccc(O)cc1)c1ccc(O)cc1OP(=O)(O)O. The number of phenols is 2. The lowest BCUT2D eigenvalue weighted by Gasteiger charge is -2.18. The molecule has 0 fully saturated rings. The fourth-order valence-corrected chi connectivity index (χ4v) is 2.44. The molecule has 1 atom stereocenters. The molecule has 4 N–H and O–H groups in total. The maximum absolute atomic E-state index is 11.0. The molecule has 0 spiro atoms. The highest BCUT2D eigenvalue weighted by Gasteiger charge is 2.22. The highest BCUT2D eigenvalue weighted by atomic mass is 31.2.